The second-order valence-electron chi connectivity index (χ2n) is 3.68. The van der Waals surface area contributed by atoms with E-state index in [0.29, 0.717) is 16.0 Å². The maximum Gasteiger partial charge on any atom is 0.328 e. The maximum absolute atomic E-state index is 11.9. The highest BCUT2D eigenvalue weighted by atomic mass is 35.5. The van der Waals surface area contributed by atoms with Crippen molar-refractivity contribution in [3.05, 3.63) is 59.1 Å². The predicted octanol–water partition coefficient (Wildman–Crippen LogP) is 3.32. The third kappa shape index (κ3) is 2.41. The number of allylic oxidation sites excluding steroid dienone is 1. The minimum absolute atomic E-state index is 0.356. The van der Waals surface area contributed by atoms with Crippen LogP contribution >= 0.6 is 11.6 Å². The van der Waals surface area contributed by atoms with Crippen molar-refractivity contribution in [3.8, 4) is 0 Å². The van der Waals surface area contributed by atoms with Gasteiger partial charge >= 0.3 is 5.97 Å². The van der Waals surface area contributed by atoms with Gasteiger partial charge in [-0.15, -0.1) is 0 Å². The Labute approximate surface area is 108 Å². The van der Waals surface area contributed by atoms with Gasteiger partial charge in [0.25, 0.3) is 0 Å². The van der Waals surface area contributed by atoms with Crippen LogP contribution in [0.1, 0.15) is 10.4 Å². The molecule has 18 heavy (non-hydrogen) atoms. The second kappa shape index (κ2) is 5.02. The Morgan fingerprint density at radius 1 is 1.00 bits per heavy atom. The second-order valence-corrected chi connectivity index (χ2v) is 4.08. The minimum Gasteiger partial charge on any atom is -0.478 e. The van der Waals surface area contributed by atoms with Gasteiger partial charge < -0.3 is 5.11 Å². The Kier molecular flexibility index (Phi) is 3.44. The van der Waals surface area contributed by atoms with E-state index in [1.54, 1.807) is 24.3 Å². The molecule has 3 nitrogen and oxygen atoms in total. The number of carbonyl (C=O) groups excluding carboxylic acids is 1. The summed E-state index contributed by atoms with van der Waals surface area (Å²) in [4.78, 5) is 22.3. The Morgan fingerprint density at radius 3 is 2.33 bits per heavy atom. The number of benzene rings is 2. The molecule has 0 saturated heterocycles. The van der Waals surface area contributed by atoms with Crippen LogP contribution in [0.15, 0.2) is 48.6 Å². The Balaban J connectivity index is 2.55. The van der Waals surface area contributed by atoms with Crippen molar-refractivity contribution in [1.82, 2.24) is 0 Å². The van der Waals surface area contributed by atoms with Crippen LogP contribution in [0, 0.1) is 0 Å². The van der Waals surface area contributed by atoms with Crippen molar-refractivity contribution in [2.75, 3.05) is 0 Å². The first kappa shape index (κ1) is 12.3. The molecule has 2 rings (SSSR count). The number of halogens is 1. The van der Waals surface area contributed by atoms with Gasteiger partial charge in [0.2, 0.25) is 0 Å². The number of fused-ring (bicyclic) bond motifs is 1. The van der Waals surface area contributed by atoms with Crippen LogP contribution in [0.25, 0.3) is 10.8 Å². The summed E-state index contributed by atoms with van der Waals surface area (Å²) in [5.41, 5.74) is 0.438. The molecular formula is C14H9ClO3. The van der Waals surface area contributed by atoms with Crippen molar-refractivity contribution < 1.29 is 14.7 Å². The van der Waals surface area contributed by atoms with Gasteiger partial charge in [0.05, 0.1) is 0 Å². The van der Waals surface area contributed by atoms with E-state index in [1.165, 1.54) is 0 Å². The molecule has 0 aliphatic rings. The standard InChI is InChI=1S/C14H9ClO3/c15-12-6-5-11(13(16)7-8-14(17)18)9-3-1-2-4-10(9)12/h1-8H,(H,17,18)/b8-7+. The molecular weight excluding hydrogens is 252 g/mol. The summed E-state index contributed by atoms with van der Waals surface area (Å²) in [6.45, 7) is 0. The fourth-order valence-electron chi connectivity index (χ4n) is 1.71. The zero-order chi connectivity index (χ0) is 13.1. The van der Waals surface area contributed by atoms with Crippen molar-refractivity contribution in [2.45, 2.75) is 0 Å². The topological polar surface area (TPSA) is 54.4 Å². The maximum atomic E-state index is 11.9. The predicted molar refractivity (Wildman–Crippen MR) is 70.1 cm³/mol. The fourth-order valence-corrected chi connectivity index (χ4v) is 1.94. The van der Waals surface area contributed by atoms with E-state index in [0.717, 1.165) is 17.5 Å². The fraction of sp³-hybridized carbons (Fsp3) is 0. The molecule has 90 valence electrons. The number of rotatable bonds is 3. The van der Waals surface area contributed by atoms with Crippen molar-refractivity contribution >= 4 is 34.1 Å². The smallest absolute Gasteiger partial charge is 0.328 e. The van der Waals surface area contributed by atoms with Crippen molar-refractivity contribution in [1.29, 1.82) is 0 Å². The van der Waals surface area contributed by atoms with Gasteiger partial charge in [0.15, 0.2) is 5.78 Å². The third-order valence-corrected chi connectivity index (χ3v) is 2.84. The van der Waals surface area contributed by atoms with Crippen LogP contribution in [-0.4, -0.2) is 16.9 Å². The SMILES string of the molecule is O=C(O)/C=C/C(=O)c1ccc(Cl)c2ccccc12. The summed E-state index contributed by atoms with van der Waals surface area (Å²) in [6, 6.07) is 10.5. The van der Waals surface area contributed by atoms with E-state index in [4.69, 9.17) is 16.7 Å². The number of carbonyl (C=O) groups is 2. The molecule has 0 heterocycles. The van der Waals surface area contributed by atoms with E-state index < -0.39 is 5.97 Å². The summed E-state index contributed by atoms with van der Waals surface area (Å²) in [5.74, 6) is -1.51. The van der Waals surface area contributed by atoms with E-state index in [-0.39, 0.29) is 5.78 Å². The first-order valence-electron chi connectivity index (χ1n) is 5.22. The van der Waals surface area contributed by atoms with Crippen LogP contribution in [0.4, 0.5) is 0 Å². The molecule has 0 fully saturated rings. The van der Waals surface area contributed by atoms with Gasteiger partial charge in [0, 0.05) is 22.0 Å². The molecule has 0 unspecified atom stereocenters. The molecule has 0 radical (unpaired) electrons. The summed E-state index contributed by atoms with van der Waals surface area (Å²) in [5, 5.41) is 10.6. The first-order chi connectivity index (χ1) is 8.59. The third-order valence-electron chi connectivity index (χ3n) is 2.51. The van der Waals surface area contributed by atoms with E-state index in [2.05, 4.69) is 0 Å². The molecule has 2 aromatic carbocycles. The van der Waals surface area contributed by atoms with Crippen LogP contribution in [0.5, 0.6) is 0 Å². The average molecular weight is 261 g/mol. The van der Waals surface area contributed by atoms with Crippen molar-refractivity contribution in [2.24, 2.45) is 0 Å². The highest BCUT2D eigenvalue weighted by Crippen LogP contribution is 2.26. The number of carboxylic acid groups (broad SMARTS) is 1. The molecule has 0 aromatic heterocycles. The van der Waals surface area contributed by atoms with E-state index >= 15 is 0 Å². The zero-order valence-corrected chi connectivity index (χ0v) is 10.0. The van der Waals surface area contributed by atoms with Crippen molar-refractivity contribution in [3.63, 3.8) is 0 Å². The monoisotopic (exact) mass is 260 g/mol. The lowest BCUT2D eigenvalue weighted by molar-refractivity contribution is -0.131. The van der Waals surface area contributed by atoms with Gasteiger partial charge in [-0.2, -0.15) is 0 Å². The molecule has 0 atom stereocenters. The normalized spacial score (nSPS) is 10.9. The van der Waals surface area contributed by atoms with Crippen LogP contribution in [0.3, 0.4) is 0 Å². The first-order valence-corrected chi connectivity index (χ1v) is 5.60. The molecule has 0 aliphatic carbocycles. The van der Waals surface area contributed by atoms with Gasteiger partial charge in [-0.3, -0.25) is 4.79 Å². The molecule has 2 aromatic rings. The highest BCUT2D eigenvalue weighted by molar-refractivity contribution is 6.36. The van der Waals surface area contributed by atoms with Gasteiger partial charge in [-0.05, 0) is 23.6 Å². The Bertz CT molecular complexity index is 659. The quantitative estimate of drug-likeness (QED) is 0.680. The molecule has 0 aliphatic heterocycles. The minimum atomic E-state index is -1.15. The lowest BCUT2D eigenvalue weighted by atomic mass is 10.0. The number of aliphatic carboxylic acids is 1. The van der Waals surface area contributed by atoms with Gasteiger partial charge in [-0.25, -0.2) is 4.79 Å². The molecule has 0 saturated carbocycles. The number of hydrogen-bond acceptors (Lipinski definition) is 2. The summed E-state index contributed by atoms with van der Waals surface area (Å²) < 4.78 is 0. The zero-order valence-electron chi connectivity index (χ0n) is 9.26. The summed E-state index contributed by atoms with van der Waals surface area (Å²) >= 11 is 6.04. The van der Waals surface area contributed by atoms with Gasteiger partial charge in [0.1, 0.15) is 0 Å². The number of hydrogen-bond donors (Lipinski definition) is 1. The van der Waals surface area contributed by atoms with E-state index in [1.807, 2.05) is 12.1 Å². The molecule has 0 amide bonds. The van der Waals surface area contributed by atoms with Crippen LogP contribution in [-0.2, 0) is 4.79 Å². The highest BCUT2D eigenvalue weighted by Gasteiger charge is 2.09. The number of ketones is 1. The number of carboxylic acids is 1. The Morgan fingerprint density at radius 2 is 1.67 bits per heavy atom. The van der Waals surface area contributed by atoms with Gasteiger partial charge in [-0.1, -0.05) is 35.9 Å². The molecule has 0 bridgehead atoms. The molecule has 0 spiro atoms. The van der Waals surface area contributed by atoms with E-state index in [9.17, 15) is 9.59 Å². The average Bonchev–Trinajstić information content (AvgIpc) is 2.37. The van der Waals surface area contributed by atoms with Crippen LogP contribution in [0.2, 0.25) is 5.02 Å². The Hall–Kier alpha value is -2.13. The largest absolute Gasteiger partial charge is 0.478 e. The molecule has 1 N–H and O–H groups in total. The van der Waals surface area contributed by atoms with Crippen LogP contribution < -0.4 is 0 Å². The lowest BCUT2D eigenvalue weighted by Gasteiger charge is -2.04. The lowest BCUT2D eigenvalue weighted by Crippen LogP contribution is -1.98. The summed E-state index contributed by atoms with van der Waals surface area (Å²) in [6.07, 6.45) is 1.86. The molecule has 4 heteroatoms. The summed E-state index contributed by atoms with van der Waals surface area (Å²) in [7, 11) is 0.